The summed E-state index contributed by atoms with van der Waals surface area (Å²) in [5.74, 6) is 0. The molecule has 2 nitrogen and oxygen atoms in total. The van der Waals surface area contributed by atoms with Crippen LogP contribution >= 0.6 is 0 Å². The molecule has 0 aromatic heterocycles. The van der Waals surface area contributed by atoms with E-state index in [2.05, 4.69) is 172 Å². The van der Waals surface area contributed by atoms with Gasteiger partial charge in [-0.2, -0.15) is 0 Å². The first kappa shape index (κ1) is 30.9. The lowest BCUT2D eigenvalue weighted by atomic mass is 9.79. The van der Waals surface area contributed by atoms with Crippen LogP contribution in [-0.4, -0.2) is 12.1 Å². The lowest BCUT2D eigenvalue weighted by Gasteiger charge is -2.46. The van der Waals surface area contributed by atoms with Crippen LogP contribution in [0.3, 0.4) is 0 Å². The summed E-state index contributed by atoms with van der Waals surface area (Å²) in [6, 6.07) is 43.3. The molecule has 9 rings (SSSR count). The second-order valence-electron chi connectivity index (χ2n) is 15.8. The standard InChI is InChI=1S/C48H46N2/c1-32-42(50-44-19-11-7-14-36(44)28-29-47(50,2)3)27-25-40-38-24-21-33(31-41(38)48(4,5)46(32)40)20-22-34-23-26-45(39-17-9-8-16-37(34)39)49-30-12-15-35-13-6-10-18-43(35)49/h6-11,13-14,16-27,31H,12,15,28-30H2,1-5H3. The van der Waals surface area contributed by atoms with E-state index in [1.165, 1.54) is 90.0 Å². The Balaban J connectivity index is 1.07. The van der Waals surface area contributed by atoms with Crippen molar-refractivity contribution in [3.63, 3.8) is 0 Å². The van der Waals surface area contributed by atoms with E-state index in [9.17, 15) is 0 Å². The zero-order chi connectivity index (χ0) is 34.2. The van der Waals surface area contributed by atoms with E-state index in [0.717, 1.165) is 25.8 Å². The molecule has 2 aliphatic heterocycles. The van der Waals surface area contributed by atoms with Gasteiger partial charge in [-0.25, -0.2) is 0 Å². The summed E-state index contributed by atoms with van der Waals surface area (Å²) in [5.41, 5.74) is 17.7. The third-order valence-corrected chi connectivity index (χ3v) is 11.9. The van der Waals surface area contributed by atoms with Gasteiger partial charge in [0.05, 0.1) is 0 Å². The average molecular weight is 651 g/mol. The van der Waals surface area contributed by atoms with E-state index in [1.54, 1.807) is 0 Å². The van der Waals surface area contributed by atoms with Crippen LogP contribution in [-0.2, 0) is 18.3 Å². The molecule has 3 aliphatic rings. The first-order valence-electron chi connectivity index (χ1n) is 18.4. The molecular weight excluding hydrogens is 605 g/mol. The van der Waals surface area contributed by atoms with Crippen LogP contribution in [0.5, 0.6) is 0 Å². The highest BCUT2D eigenvalue weighted by Gasteiger charge is 2.40. The van der Waals surface area contributed by atoms with Crippen molar-refractivity contribution in [1.29, 1.82) is 0 Å². The Morgan fingerprint density at radius 1 is 0.600 bits per heavy atom. The van der Waals surface area contributed by atoms with E-state index in [4.69, 9.17) is 0 Å². The molecule has 6 aromatic carbocycles. The summed E-state index contributed by atoms with van der Waals surface area (Å²) >= 11 is 0. The van der Waals surface area contributed by atoms with Crippen LogP contribution in [0.2, 0.25) is 0 Å². The Bertz CT molecular complexity index is 2340. The molecule has 0 amide bonds. The number of rotatable bonds is 4. The number of benzene rings is 6. The maximum Gasteiger partial charge on any atom is 0.0490 e. The minimum atomic E-state index is -0.104. The van der Waals surface area contributed by atoms with Gasteiger partial charge in [0.2, 0.25) is 0 Å². The zero-order valence-corrected chi connectivity index (χ0v) is 30.1. The van der Waals surface area contributed by atoms with Crippen molar-refractivity contribution < 1.29 is 0 Å². The number of fused-ring (bicyclic) bond motifs is 6. The molecule has 0 saturated heterocycles. The highest BCUT2D eigenvalue weighted by molar-refractivity contribution is 6.02. The summed E-state index contributed by atoms with van der Waals surface area (Å²) in [6.07, 6.45) is 9.22. The Kier molecular flexibility index (Phi) is 7.11. The normalized spacial score (nSPS) is 17.1. The minimum Gasteiger partial charge on any atom is -0.341 e. The largest absolute Gasteiger partial charge is 0.341 e. The molecule has 0 bridgehead atoms. The molecule has 0 N–H and O–H groups in total. The fourth-order valence-corrected chi connectivity index (χ4v) is 9.46. The van der Waals surface area contributed by atoms with Crippen LogP contribution in [0.1, 0.15) is 79.5 Å². The molecule has 248 valence electrons. The van der Waals surface area contributed by atoms with Crippen molar-refractivity contribution in [3.05, 3.63) is 154 Å². The highest BCUT2D eigenvalue weighted by atomic mass is 15.2. The van der Waals surface area contributed by atoms with E-state index >= 15 is 0 Å². The quantitative estimate of drug-likeness (QED) is 0.175. The van der Waals surface area contributed by atoms with Gasteiger partial charge >= 0.3 is 0 Å². The zero-order valence-electron chi connectivity index (χ0n) is 30.1. The molecule has 0 unspecified atom stereocenters. The monoisotopic (exact) mass is 650 g/mol. The lowest BCUT2D eigenvalue weighted by molar-refractivity contribution is 0.446. The van der Waals surface area contributed by atoms with Gasteiger partial charge in [-0.3, -0.25) is 0 Å². The van der Waals surface area contributed by atoms with E-state index < -0.39 is 0 Å². The first-order chi connectivity index (χ1) is 24.2. The third-order valence-electron chi connectivity index (χ3n) is 11.9. The Hall–Kier alpha value is -5.08. The van der Waals surface area contributed by atoms with Crippen LogP contribution in [0.15, 0.2) is 115 Å². The van der Waals surface area contributed by atoms with E-state index in [1.807, 2.05) is 0 Å². The van der Waals surface area contributed by atoms with Crippen molar-refractivity contribution in [2.75, 3.05) is 16.3 Å². The van der Waals surface area contributed by atoms with Crippen LogP contribution in [0.4, 0.5) is 22.7 Å². The van der Waals surface area contributed by atoms with Gasteiger partial charge in [-0.15, -0.1) is 0 Å². The molecule has 0 saturated carbocycles. The second kappa shape index (κ2) is 11.5. The summed E-state index contributed by atoms with van der Waals surface area (Å²) in [4.78, 5) is 5.14. The van der Waals surface area contributed by atoms with Gasteiger partial charge in [0.1, 0.15) is 0 Å². The van der Waals surface area contributed by atoms with Gasteiger partial charge in [0, 0.05) is 45.6 Å². The smallest absolute Gasteiger partial charge is 0.0490 e. The van der Waals surface area contributed by atoms with Crippen molar-refractivity contribution in [3.8, 4) is 11.1 Å². The molecule has 1 aliphatic carbocycles. The van der Waals surface area contributed by atoms with Gasteiger partial charge < -0.3 is 9.80 Å². The number of hydrogen-bond acceptors (Lipinski definition) is 2. The SMILES string of the molecule is Cc1c(N2c3ccccc3CCC2(C)C)ccc2c1C(C)(C)c1cc(C=Cc3ccc(N4CCCc5ccccc54)c4ccccc34)ccc1-2. The number of hydrogen-bond donors (Lipinski definition) is 0. The summed E-state index contributed by atoms with van der Waals surface area (Å²) < 4.78 is 0. The fourth-order valence-electron chi connectivity index (χ4n) is 9.46. The predicted octanol–water partition coefficient (Wildman–Crippen LogP) is 12.6. The van der Waals surface area contributed by atoms with E-state index in [0.29, 0.717) is 0 Å². The fraction of sp³-hybridized carbons (Fsp3) is 0.250. The van der Waals surface area contributed by atoms with Crippen LogP contribution in [0.25, 0.3) is 34.1 Å². The average Bonchev–Trinajstić information content (AvgIpc) is 3.36. The number of anilines is 4. The Labute approximate surface area is 297 Å². The molecule has 0 fully saturated rings. The van der Waals surface area contributed by atoms with Crippen LogP contribution < -0.4 is 9.80 Å². The van der Waals surface area contributed by atoms with Gasteiger partial charge in [0.25, 0.3) is 0 Å². The predicted molar refractivity (Wildman–Crippen MR) is 214 cm³/mol. The van der Waals surface area contributed by atoms with Crippen LogP contribution in [0, 0.1) is 6.92 Å². The Morgan fingerprint density at radius 2 is 1.28 bits per heavy atom. The molecule has 0 atom stereocenters. The molecule has 6 aromatic rings. The molecule has 0 spiro atoms. The lowest BCUT2D eigenvalue weighted by Crippen LogP contribution is -2.44. The topological polar surface area (TPSA) is 6.48 Å². The Morgan fingerprint density at radius 3 is 2.10 bits per heavy atom. The van der Waals surface area contributed by atoms with Crippen molar-refractivity contribution in [1.82, 2.24) is 0 Å². The highest BCUT2D eigenvalue weighted by Crippen LogP contribution is 2.54. The van der Waals surface area contributed by atoms with Crippen molar-refractivity contribution >= 4 is 45.7 Å². The molecule has 0 radical (unpaired) electrons. The molecular formula is C48H46N2. The molecule has 2 heteroatoms. The second-order valence-corrected chi connectivity index (χ2v) is 15.8. The number of nitrogens with zero attached hydrogens (tertiary/aromatic N) is 2. The minimum absolute atomic E-state index is 0.0432. The summed E-state index contributed by atoms with van der Waals surface area (Å²) in [7, 11) is 0. The maximum atomic E-state index is 2.62. The number of aryl methyl sites for hydroxylation is 2. The van der Waals surface area contributed by atoms with Gasteiger partial charge in [-0.1, -0.05) is 117 Å². The van der Waals surface area contributed by atoms with E-state index in [-0.39, 0.29) is 11.0 Å². The summed E-state index contributed by atoms with van der Waals surface area (Å²) in [6.45, 7) is 13.0. The maximum absolute atomic E-state index is 2.62. The molecule has 50 heavy (non-hydrogen) atoms. The third kappa shape index (κ3) is 4.76. The van der Waals surface area contributed by atoms with Gasteiger partial charge in [0.15, 0.2) is 0 Å². The van der Waals surface area contributed by atoms with Crippen molar-refractivity contribution in [2.24, 2.45) is 0 Å². The van der Waals surface area contributed by atoms with Gasteiger partial charge in [-0.05, 0) is 126 Å². The molecule has 2 heterocycles. The summed E-state index contributed by atoms with van der Waals surface area (Å²) in [5, 5.41) is 2.60. The number of para-hydroxylation sites is 2. The first-order valence-corrected chi connectivity index (χ1v) is 18.4. The van der Waals surface area contributed by atoms with Crippen molar-refractivity contribution in [2.45, 2.75) is 71.3 Å².